The van der Waals surface area contributed by atoms with E-state index in [9.17, 15) is 4.79 Å². The van der Waals surface area contributed by atoms with Crippen molar-refractivity contribution in [2.45, 2.75) is 12.7 Å². The molecule has 24 heavy (non-hydrogen) atoms. The molecule has 0 atom stereocenters. The summed E-state index contributed by atoms with van der Waals surface area (Å²) in [5.41, 5.74) is 2.86. The molecule has 2 aromatic carbocycles. The quantitative estimate of drug-likeness (QED) is 0.244. The molecule has 0 aliphatic carbocycles. The zero-order valence-corrected chi connectivity index (χ0v) is 14.8. The van der Waals surface area contributed by atoms with E-state index < -0.39 is 0 Å². The number of hydrogen-bond acceptors (Lipinski definition) is 5. The van der Waals surface area contributed by atoms with Crippen LogP contribution in [-0.2, 0) is 5.75 Å². The lowest BCUT2D eigenvalue weighted by molar-refractivity contribution is 0.104. The Morgan fingerprint density at radius 2 is 2.00 bits per heavy atom. The van der Waals surface area contributed by atoms with Gasteiger partial charge in [-0.3, -0.25) is 4.79 Å². The van der Waals surface area contributed by atoms with Gasteiger partial charge in [0.15, 0.2) is 5.78 Å². The van der Waals surface area contributed by atoms with Gasteiger partial charge in [-0.05, 0) is 30.0 Å². The summed E-state index contributed by atoms with van der Waals surface area (Å²) in [5, 5.41) is 10.5. The van der Waals surface area contributed by atoms with Crippen molar-refractivity contribution in [2.24, 2.45) is 4.99 Å². The second kappa shape index (κ2) is 9.76. The molecule has 0 fully saturated rings. The average Bonchev–Trinajstić information content (AvgIpc) is 2.60. The maximum absolute atomic E-state index is 12.1. The molecule has 3 nitrogen and oxygen atoms in total. The fourth-order valence-corrected chi connectivity index (χ4v) is 3.51. The molecule has 0 aliphatic heterocycles. The van der Waals surface area contributed by atoms with E-state index in [1.807, 2.05) is 61.6 Å². The molecule has 0 saturated carbocycles. The molecule has 0 amide bonds. The van der Waals surface area contributed by atoms with Crippen LogP contribution in [-0.4, -0.2) is 10.2 Å². The Labute approximate surface area is 150 Å². The summed E-state index contributed by atoms with van der Waals surface area (Å²) in [5.74, 6) is 0.671. The van der Waals surface area contributed by atoms with Gasteiger partial charge >= 0.3 is 0 Å². The minimum Gasteiger partial charge on any atom is -0.289 e. The van der Waals surface area contributed by atoms with Crippen LogP contribution in [0.25, 0.3) is 0 Å². The topological polar surface area (TPSA) is 53.2 Å². The monoisotopic (exact) mass is 352 g/mol. The van der Waals surface area contributed by atoms with Crippen molar-refractivity contribution in [2.75, 3.05) is 0 Å². The number of carbonyl (C=O) groups excluding carboxylic acids is 1. The van der Waals surface area contributed by atoms with E-state index in [1.54, 1.807) is 11.5 Å². The van der Waals surface area contributed by atoms with Crippen molar-refractivity contribution in [1.29, 1.82) is 5.26 Å². The van der Waals surface area contributed by atoms with Crippen molar-refractivity contribution < 1.29 is 4.79 Å². The Morgan fingerprint density at radius 3 is 2.71 bits per heavy atom. The number of nitrogens with zero attached hydrogens (tertiary/aromatic N) is 2. The first-order valence-electron chi connectivity index (χ1n) is 7.27. The van der Waals surface area contributed by atoms with E-state index in [2.05, 4.69) is 4.99 Å². The summed E-state index contributed by atoms with van der Waals surface area (Å²) in [6.45, 7) is 1.95. The van der Waals surface area contributed by atoms with Gasteiger partial charge in [0.05, 0.1) is 0 Å². The molecular weight excluding hydrogens is 336 g/mol. The van der Waals surface area contributed by atoms with E-state index in [1.165, 1.54) is 29.6 Å². The fraction of sp³-hybridized carbons (Fsp3) is 0.105. The Bertz CT molecular complexity index is 793. The molecule has 0 saturated heterocycles. The van der Waals surface area contributed by atoms with Crippen LogP contribution in [0.1, 0.15) is 21.5 Å². The molecule has 2 rings (SSSR count). The Balaban J connectivity index is 1.92. The van der Waals surface area contributed by atoms with Crippen molar-refractivity contribution in [1.82, 2.24) is 0 Å². The molecule has 0 aromatic heterocycles. The number of carbonyl (C=O) groups is 1. The van der Waals surface area contributed by atoms with Gasteiger partial charge in [0.1, 0.15) is 4.38 Å². The predicted molar refractivity (Wildman–Crippen MR) is 103 cm³/mol. The van der Waals surface area contributed by atoms with Gasteiger partial charge in [-0.1, -0.05) is 77.6 Å². The highest BCUT2D eigenvalue weighted by atomic mass is 32.2. The van der Waals surface area contributed by atoms with Gasteiger partial charge in [0, 0.05) is 11.3 Å². The van der Waals surface area contributed by atoms with Crippen LogP contribution >= 0.6 is 23.5 Å². The summed E-state index contributed by atoms with van der Waals surface area (Å²) >= 11 is 2.76. The summed E-state index contributed by atoms with van der Waals surface area (Å²) in [7, 11) is 0. The minimum absolute atomic E-state index is 0.0597. The van der Waals surface area contributed by atoms with Gasteiger partial charge in [-0.15, -0.1) is 0 Å². The van der Waals surface area contributed by atoms with E-state index in [0.717, 1.165) is 16.9 Å². The third-order valence-corrected chi connectivity index (χ3v) is 5.06. The zero-order valence-electron chi connectivity index (χ0n) is 13.2. The highest BCUT2D eigenvalue weighted by Gasteiger charge is 2.04. The number of thioether (sulfide) groups is 2. The second-order valence-corrected chi connectivity index (χ2v) is 7.02. The van der Waals surface area contributed by atoms with E-state index in [0.29, 0.717) is 9.94 Å². The molecule has 0 heterocycles. The van der Waals surface area contributed by atoms with E-state index >= 15 is 0 Å². The molecule has 0 bridgehead atoms. The predicted octanol–water partition coefficient (Wildman–Crippen LogP) is 5.20. The first-order valence-corrected chi connectivity index (χ1v) is 9.13. The normalized spacial score (nSPS) is 11.4. The highest BCUT2D eigenvalue weighted by molar-refractivity contribution is 8.39. The van der Waals surface area contributed by atoms with Gasteiger partial charge in [0.2, 0.25) is 6.19 Å². The summed E-state index contributed by atoms with van der Waals surface area (Å²) in [4.78, 5) is 15.9. The number of aryl methyl sites for hydroxylation is 1. The molecule has 2 aromatic rings. The third-order valence-electron chi connectivity index (χ3n) is 3.04. The smallest absolute Gasteiger partial charge is 0.207 e. The molecule has 0 aliphatic rings. The zero-order chi connectivity index (χ0) is 17.2. The number of nitriles is 1. The molecule has 0 N–H and O–H groups in total. The summed E-state index contributed by atoms with van der Waals surface area (Å²) < 4.78 is 0.620. The largest absolute Gasteiger partial charge is 0.289 e. The van der Waals surface area contributed by atoms with Crippen molar-refractivity contribution in [3.05, 3.63) is 82.8 Å². The van der Waals surface area contributed by atoms with Crippen LogP contribution in [0.3, 0.4) is 0 Å². The summed E-state index contributed by atoms with van der Waals surface area (Å²) in [6.07, 6.45) is 3.32. The lowest BCUT2D eigenvalue weighted by Crippen LogP contribution is -1.94. The van der Waals surface area contributed by atoms with Crippen molar-refractivity contribution >= 4 is 33.7 Å². The number of aliphatic imine (C=N–C) groups is 1. The van der Waals surface area contributed by atoms with Crippen LogP contribution in [0.5, 0.6) is 0 Å². The standard InChI is InChI=1S/C19H16N2OS2/c1-15-6-5-9-17(12-15)18(22)10-11-23-19(21-14-20)24-13-16-7-3-2-4-8-16/h2-12H,13H2,1H3. The Morgan fingerprint density at radius 1 is 1.21 bits per heavy atom. The molecule has 5 heteroatoms. The lowest BCUT2D eigenvalue weighted by atomic mass is 10.1. The van der Waals surface area contributed by atoms with Crippen LogP contribution < -0.4 is 0 Å². The van der Waals surface area contributed by atoms with Crippen LogP contribution in [0, 0.1) is 18.4 Å². The first-order chi connectivity index (χ1) is 11.7. The molecule has 0 radical (unpaired) electrons. The van der Waals surface area contributed by atoms with Gasteiger partial charge < -0.3 is 0 Å². The SMILES string of the molecule is Cc1cccc(C(=O)C=CSC(=NC#N)SCc2ccccc2)c1. The second-order valence-electron chi connectivity index (χ2n) is 4.91. The van der Waals surface area contributed by atoms with Crippen LogP contribution in [0.15, 0.2) is 71.1 Å². The first kappa shape index (κ1) is 18.1. The van der Waals surface area contributed by atoms with Crippen molar-refractivity contribution in [3.8, 4) is 6.19 Å². The summed E-state index contributed by atoms with van der Waals surface area (Å²) in [6, 6.07) is 17.4. The van der Waals surface area contributed by atoms with Gasteiger partial charge in [0.25, 0.3) is 0 Å². The van der Waals surface area contributed by atoms with Gasteiger partial charge in [-0.25, -0.2) is 0 Å². The maximum Gasteiger partial charge on any atom is 0.207 e. The molecule has 120 valence electrons. The number of allylic oxidation sites excluding steroid dienone is 1. The fourth-order valence-electron chi connectivity index (χ4n) is 1.90. The number of hydrogen-bond donors (Lipinski definition) is 0. The highest BCUT2D eigenvalue weighted by Crippen LogP contribution is 2.22. The molecular formula is C19H16N2OS2. The van der Waals surface area contributed by atoms with E-state index in [-0.39, 0.29) is 5.78 Å². The van der Waals surface area contributed by atoms with E-state index in [4.69, 9.17) is 5.26 Å². The molecule has 0 spiro atoms. The van der Waals surface area contributed by atoms with Crippen LogP contribution in [0.4, 0.5) is 0 Å². The Hall–Kier alpha value is -2.29. The maximum atomic E-state index is 12.1. The lowest BCUT2D eigenvalue weighted by Gasteiger charge is -2.01. The van der Waals surface area contributed by atoms with Crippen LogP contribution in [0.2, 0.25) is 0 Å². The Kier molecular flexibility index (Phi) is 7.34. The number of benzene rings is 2. The number of rotatable bonds is 5. The van der Waals surface area contributed by atoms with Crippen molar-refractivity contribution in [3.63, 3.8) is 0 Å². The average molecular weight is 352 g/mol. The third kappa shape index (κ3) is 6.07. The van der Waals surface area contributed by atoms with Gasteiger partial charge in [-0.2, -0.15) is 10.3 Å². The minimum atomic E-state index is -0.0597. The number of ketones is 1. The molecule has 0 unspecified atom stereocenters.